The Labute approximate surface area is 174 Å². The van der Waals surface area contributed by atoms with Gasteiger partial charge in [-0.1, -0.05) is 11.6 Å². The van der Waals surface area contributed by atoms with Crippen LogP contribution in [-0.4, -0.2) is 53.6 Å². The molecule has 4 heterocycles. The van der Waals surface area contributed by atoms with Crippen molar-refractivity contribution in [2.24, 2.45) is 5.10 Å². The van der Waals surface area contributed by atoms with Gasteiger partial charge >= 0.3 is 12.3 Å². The minimum atomic E-state index is -0.990. The standard InChI is InChI=1S/C8H5F2N4.C8H3F2N4.Ir/c1-13-4-11-14(5-13)6-2-3-7(9)12-8(6)10;9-6-2-1-5(7(10)14-6)8-12-3-11-4-13-8;/h3-4H,1H3;2-4H;/q+1;-1;. The van der Waals surface area contributed by atoms with E-state index in [1.165, 1.54) is 23.6 Å². The van der Waals surface area contributed by atoms with Crippen LogP contribution in [0.5, 0.6) is 0 Å². The van der Waals surface area contributed by atoms with Crippen molar-refractivity contribution in [3.63, 3.8) is 0 Å². The Morgan fingerprint density at radius 1 is 0.931 bits per heavy atom. The van der Waals surface area contributed by atoms with Crippen LogP contribution in [0.4, 0.5) is 23.2 Å². The largest absolute Gasteiger partial charge is 0.420 e. The summed E-state index contributed by atoms with van der Waals surface area (Å²) in [7, 11) is 1.68. The zero-order chi connectivity index (χ0) is 20.1. The Morgan fingerprint density at radius 2 is 1.55 bits per heavy atom. The van der Waals surface area contributed by atoms with E-state index >= 15 is 0 Å². The number of halogens is 4. The predicted octanol–water partition coefficient (Wildman–Crippen LogP) is 1.59. The first-order valence-corrected chi connectivity index (χ1v) is 7.37. The summed E-state index contributed by atoms with van der Waals surface area (Å²) in [5, 5.41) is 3.77. The van der Waals surface area contributed by atoms with Gasteiger partial charge in [-0.2, -0.15) is 0 Å². The summed E-state index contributed by atoms with van der Waals surface area (Å²) in [6.45, 7) is 0. The van der Waals surface area contributed by atoms with Gasteiger partial charge in [0.15, 0.2) is 11.6 Å². The molecular formula is C16H8F4IrN8. The third kappa shape index (κ3) is 5.61. The molecule has 0 amide bonds. The molecule has 149 valence electrons. The van der Waals surface area contributed by atoms with Gasteiger partial charge in [-0.25, -0.2) is 13.8 Å². The topological polar surface area (TPSA) is 82.8 Å². The second-order valence-corrected chi connectivity index (χ2v) is 4.97. The SMILES string of the molecule is C[N+]1=C=[N+](c2[c-]cc(F)nc2F)N=C1.Fc1c[c-]c(-c2ncncn2)c(F)n1.[Ir]. The average Bonchev–Trinajstić information content (AvgIpc) is 3.09. The van der Waals surface area contributed by atoms with E-state index in [1.807, 2.05) is 0 Å². The van der Waals surface area contributed by atoms with Crippen molar-refractivity contribution in [2.75, 3.05) is 7.05 Å². The molecule has 0 unspecified atom stereocenters. The Hall–Kier alpha value is -3.27. The van der Waals surface area contributed by atoms with Gasteiger partial charge in [0.25, 0.3) is 0 Å². The summed E-state index contributed by atoms with van der Waals surface area (Å²) in [6, 6.07) is 9.23. The maximum atomic E-state index is 13.1. The zero-order valence-electron chi connectivity index (χ0n) is 14.3. The molecule has 1 aliphatic rings. The maximum Gasteiger partial charge on any atom is 0.420 e. The van der Waals surface area contributed by atoms with Crippen molar-refractivity contribution in [3.05, 3.63) is 60.7 Å². The number of hydrogen-bond donors (Lipinski definition) is 0. The van der Waals surface area contributed by atoms with Gasteiger partial charge in [-0.05, 0) is 0 Å². The molecule has 0 fully saturated rings. The third-order valence-electron chi connectivity index (χ3n) is 3.00. The van der Waals surface area contributed by atoms with Gasteiger partial charge in [-0.15, -0.1) is 22.8 Å². The van der Waals surface area contributed by atoms with E-state index < -0.39 is 23.8 Å². The van der Waals surface area contributed by atoms with Crippen LogP contribution in [-0.2, 0) is 20.1 Å². The van der Waals surface area contributed by atoms with Crippen LogP contribution in [0.15, 0.2) is 29.9 Å². The van der Waals surface area contributed by atoms with Crippen molar-refractivity contribution in [2.45, 2.75) is 0 Å². The smallest absolute Gasteiger partial charge is 0.319 e. The van der Waals surface area contributed by atoms with Crippen LogP contribution in [0.2, 0.25) is 0 Å². The Balaban J connectivity index is 0.000000200. The molecule has 0 atom stereocenters. The monoisotopic (exact) mass is 581 g/mol. The van der Waals surface area contributed by atoms with Crippen molar-refractivity contribution in [1.29, 1.82) is 0 Å². The molecule has 29 heavy (non-hydrogen) atoms. The number of hydrazone groups is 1. The molecule has 0 bridgehead atoms. The van der Waals surface area contributed by atoms with Crippen LogP contribution < -0.4 is 0 Å². The number of pyridine rings is 2. The minimum Gasteiger partial charge on any atom is -0.319 e. The van der Waals surface area contributed by atoms with Gasteiger partial charge in [0.2, 0.25) is 5.10 Å². The predicted molar refractivity (Wildman–Crippen MR) is 84.4 cm³/mol. The van der Waals surface area contributed by atoms with Crippen LogP contribution in [0.25, 0.3) is 11.4 Å². The van der Waals surface area contributed by atoms with E-state index in [0.29, 0.717) is 0 Å². The molecule has 3 aromatic rings. The molecule has 4 rings (SSSR count). The van der Waals surface area contributed by atoms with Crippen molar-refractivity contribution >= 4 is 18.0 Å². The fraction of sp³-hybridized carbons (Fsp3) is 0.0625. The number of nitrogens with zero attached hydrogens (tertiary/aromatic N) is 8. The Kier molecular flexibility index (Phi) is 7.43. The van der Waals surface area contributed by atoms with E-state index in [2.05, 4.69) is 48.2 Å². The Morgan fingerprint density at radius 3 is 2.10 bits per heavy atom. The van der Waals surface area contributed by atoms with Crippen LogP contribution in [0.1, 0.15) is 0 Å². The van der Waals surface area contributed by atoms with Crippen LogP contribution in [0, 0.1) is 35.9 Å². The second-order valence-electron chi connectivity index (χ2n) is 4.97. The van der Waals surface area contributed by atoms with Gasteiger partial charge in [0.1, 0.15) is 31.6 Å². The summed E-state index contributed by atoms with van der Waals surface area (Å²) in [5.74, 6) is -3.73. The fourth-order valence-electron chi connectivity index (χ4n) is 1.85. The molecule has 13 heteroatoms. The van der Waals surface area contributed by atoms with Crippen LogP contribution in [0.3, 0.4) is 0 Å². The van der Waals surface area contributed by atoms with Gasteiger partial charge in [-0.3, -0.25) is 23.7 Å². The first-order valence-electron chi connectivity index (χ1n) is 7.37. The second kappa shape index (κ2) is 9.78. The normalized spacial score (nSPS) is 11.8. The minimum absolute atomic E-state index is 0. The number of aromatic nitrogens is 5. The molecule has 0 N–H and O–H groups in total. The Bertz CT molecular complexity index is 1120. The molecule has 0 aromatic carbocycles. The summed E-state index contributed by atoms with van der Waals surface area (Å²) < 4.78 is 53.6. The van der Waals surface area contributed by atoms with E-state index in [0.717, 1.165) is 16.8 Å². The number of hydrogen-bond acceptors (Lipinski definition) is 6. The van der Waals surface area contributed by atoms with Crippen molar-refractivity contribution in [1.82, 2.24) is 24.9 Å². The van der Waals surface area contributed by atoms with E-state index in [9.17, 15) is 17.6 Å². The molecule has 1 radical (unpaired) electrons. The molecule has 3 aromatic heterocycles. The van der Waals surface area contributed by atoms with E-state index in [-0.39, 0.29) is 37.2 Å². The molecule has 0 saturated carbocycles. The molecular weight excluding hydrogens is 572 g/mol. The quantitative estimate of drug-likeness (QED) is 0.199. The third-order valence-corrected chi connectivity index (χ3v) is 3.00. The molecule has 0 spiro atoms. The van der Waals surface area contributed by atoms with Crippen molar-refractivity contribution < 1.29 is 46.9 Å². The maximum absolute atomic E-state index is 13.1. The van der Waals surface area contributed by atoms with Crippen molar-refractivity contribution in [3.8, 4) is 11.4 Å². The van der Waals surface area contributed by atoms with E-state index in [1.54, 1.807) is 7.05 Å². The van der Waals surface area contributed by atoms with Gasteiger partial charge in [0.05, 0.1) is 16.5 Å². The molecule has 8 nitrogen and oxygen atoms in total. The zero-order valence-corrected chi connectivity index (χ0v) is 16.7. The summed E-state index contributed by atoms with van der Waals surface area (Å²) in [6.07, 6.45) is 3.84. The summed E-state index contributed by atoms with van der Waals surface area (Å²) in [4.78, 5) is 16.9. The first kappa shape index (κ1) is 22.0. The molecule has 0 aliphatic carbocycles. The van der Waals surface area contributed by atoms with E-state index in [4.69, 9.17) is 0 Å². The van der Waals surface area contributed by atoms with Crippen LogP contribution >= 0.6 is 0 Å². The first-order chi connectivity index (χ1) is 13.4. The number of rotatable bonds is 2. The average molecular weight is 581 g/mol. The molecule has 1 aliphatic heterocycles. The van der Waals surface area contributed by atoms with Gasteiger partial charge in [0, 0.05) is 20.1 Å². The fourth-order valence-corrected chi connectivity index (χ4v) is 1.85. The molecule has 0 saturated heterocycles. The van der Waals surface area contributed by atoms with Gasteiger partial charge < -0.3 is 4.98 Å². The summed E-state index contributed by atoms with van der Waals surface area (Å²) >= 11 is 0. The summed E-state index contributed by atoms with van der Waals surface area (Å²) in [5.41, 5.74) is -0.138.